The first-order valence-electron chi connectivity index (χ1n) is 7.61. The van der Waals surface area contributed by atoms with Crippen LogP contribution < -0.4 is 0 Å². The van der Waals surface area contributed by atoms with E-state index in [1.54, 1.807) is 11.3 Å². The summed E-state index contributed by atoms with van der Waals surface area (Å²) in [7, 11) is 2.15. The zero-order valence-electron chi connectivity index (χ0n) is 12.5. The van der Waals surface area contributed by atoms with Crippen LogP contribution in [0.3, 0.4) is 0 Å². The van der Waals surface area contributed by atoms with E-state index in [1.165, 1.54) is 24.8 Å². The fourth-order valence-corrected chi connectivity index (χ4v) is 3.55. The second-order valence-corrected chi connectivity index (χ2v) is 6.55. The highest BCUT2D eigenvalue weighted by atomic mass is 32.1. The lowest BCUT2D eigenvalue weighted by molar-refractivity contribution is -0.00272. The van der Waals surface area contributed by atoms with Crippen LogP contribution in [0.2, 0.25) is 0 Å². The molecule has 0 bridgehead atoms. The Morgan fingerprint density at radius 3 is 2.90 bits per heavy atom. The highest BCUT2D eigenvalue weighted by Crippen LogP contribution is 2.24. The fraction of sp³-hybridized carbons (Fsp3) is 0.471. The van der Waals surface area contributed by atoms with Crippen molar-refractivity contribution < 1.29 is 4.74 Å². The molecule has 0 N–H and O–H groups in total. The molecule has 1 fully saturated rings. The largest absolute Gasteiger partial charge is 0.377 e. The van der Waals surface area contributed by atoms with Crippen molar-refractivity contribution in [3.05, 3.63) is 41.4 Å². The Morgan fingerprint density at radius 1 is 1.29 bits per heavy atom. The van der Waals surface area contributed by atoms with E-state index in [9.17, 15) is 0 Å². The third kappa shape index (κ3) is 4.13. The minimum Gasteiger partial charge on any atom is -0.377 e. The SMILES string of the molecule is CN(Cc1csc(-c2ccccc2)n1)CC1CCCCO1. The quantitative estimate of drug-likeness (QED) is 0.840. The molecule has 2 heterocycles. The Hall–Kier alpha value is -1.23. The molecule has 21 heavy (non-hydrogen) atoms. The van der Waals surface area contributed by atoms with Crippen LogP contribution in [0.25, 0.3) is 10.6 Å². The van der Waals surface area contributed by atoms with Gasteiger partial charge in [-0.15, -0.1) is 11.3 Å². The van der Waals surface area contributed by atoms with Gasteiger partial charge in [0.1, 0.15) is 5.01 Å². The second-order valence-electron chi connectivity index (χ2n) is 5.70. The number of hydrogen-bond acceptors (Lipinski definition) is 4. The normalized spacial score (nSPS) is 19.0. The Labute approximate surface area is 130 Å². The van der Waals surface area contributed by atoms with Gasteiger partial charge in [0, 0.05) is 30.6 Å². The topological polar surface area (TPSA) is 25.4 Å². The lowest BCUT2D eigenvalue weighted by Gasteiger charge is -2.26. The van der Waals surface area contributed by atoms with Gasteiger partial charge in [0.05, 0.1) is 11.8 Å². The summed E-state index contributed by atoms with van der Waals surface area (Å²) < 4.78 is 5.80. The van der Waals surface area contributed by atoms with Gasteiger partial charge in [-0.25, -0.2) is 4.98 Å². The van der Waals surface area contributed by atoms with Crippen molar-refractivity contribution in [3.8, 4) is 10.6 Å². The summed E-state index contributed by atoms with van der Waals surface area (Å²) in [5.41, 5.74) is 2.35. The number of rotatable bonds is 5. The molecule has 1 aromatic heterocycles. The van der Waals surface area contributed by atoms with Crippen molar-refractivity contribution in [3.63, 3.8) is 0 Å². The molecule has 0 aliphatic carbocycles. The van der Waals surface area contributed by atoms with Gasteiger partial charge in [0.2, 0.25) is 0 Å². The lowest BCUT2D eigenvalue weighted by Crippen LogP contribution is -2.33. The number of benzene rings is 1. The summed E-state index contributed by atoms with van der Waals surface area (Å²) >= 11 is 1.72. The summed E-state index contributed by atoms with van der Waals surface area (Å²) in [4.78, 5) is 7.07. The molecule has 0 spiro atoms. The monoisotopic (exact) mass is 302 g/mol. The van der Waals surface area contributed by atoms with Gasteiger partial charge in [-0.1, -0.05) is 30.3 Å². The molecule has 0 radical (unpaired) electrons. The molecule has 3 rings (SSSR count). The maximum Gasteiger partial charge on any atom is 0.123 e. The van der Waals surface area contributed by atoms with Crippen molar-refractivity contribution >= 4 is 11.3 Å². The van der Waals surface area contributed by atoms with Crippen LogP contribution in [0.4, 0.5) is 0 Å². The van der Waals surface area contributed by atoms with Crippen LogP contribution in [0.1, 0.15) is 25.0 Å². The highest BCUT2D eigenvalue weighted by molar-refractivity contribution is 7.13. The number of aromatic nitrogens is 1. The summed E-state index contributed by atoms with van der Waals surface area (Å²) in [6, 6.07) is 10.4. The first kappa shape index (κ1) is 14.7. The molecule has 3 nitrogen and oxygen atoms in total. The van der Waals surface area contributed by atoms with Gasteiger partial charge in [-0.2, -0.15) is 0 Å². The van der Waals surface area contributed by atoms with Crippen LogP contribution in [0.5, 0.6) is 0 Å². The second kappa shape index (κ2) is 7.16. The number of hydrogen-bond donors (Lipinski definition) is 0. The van der Waals surface area contributed by atoms with Gasteiger partial charge in [0.25, 0.3) is 0 Å². The van der Waals surface area contributed by atoms with Gasteiger partial charge in [-0.05, 0) is 26.3 Å². The number of nitrogens with zero attached hydrogens (tertiary/aromatic N) is 2. The summed E-state index contributed by atoms with van der Waals surface area (Å²) in [5, 5.41) is 3.27. The zero-order valence-corrected chi connectivity index (χ0v) is 13.3. The van der Waals surface area contributed by atoms with E-state index in [-0.39, 0.29) is 0 Å². The van der Waals surface area contributed by atoms with Gasteiger partial charge < -0.3 is 4.74 Å². The van der Waals surface area contributed by atoms with Crippen LogP contribution in [-0.4, -0.2) is 36.2 Å². The Balaban J connectivity index is 1.56. The van der Waals surface area contributed by atoms with Crippen LogP contribution >= 0.6 is 11.3 Å². The van der Waals surface area contributed by atoms with E-state index in [2.05, 4.69) is 41.6 Å². The van der Waals surface area contributed by atoms with E-state index in [0.717, 1.165) is 30.4 Å². The molecule has 1 aromatic carbocycles. The van der Waals surface area contributed by atoms with Crippen molar-refractivity contribution in [2.75, 3.05) is 20.2 Å². The van der Waals surface area contributed by atoms with Crippen molar-refractivity contribution in [2.45, 2.75) is 31.9 Å². The molecule has 1 aliphatic rings. The zero-order chi connectivity index (χ0) is 14.5. The summed E-state index contributed by atoms with van der Waals surface area (Å²) in [5.74, 6) is 0. The number of likely N-dealkylation sites (N-methyl/N-ethyl adjacent to an activating group) is 1. The molecule has 0 saturated carbocycles. The van der Waals surface area contributed by atoms with Crippen molar-refractivity contribution in [1.29, 1.82) is 0 Å². The van der Waals surface area contributed by atoms with Gasteiger partial charge >= 0.3 is 0 Å². The van der Waals surface area contributed by atoms with Crippen LogP contribution in [-0.2, 0) is 11.3 Å². The van der Waals surface area contributed by atoms with Crippen LogP contribution in [0, 0.1) is 0 Å². The standard InChI is InChI=1S/C17H22N2OS/c1-19(12-16-9-5-6-10-20-16)11-15-13-21-17(18-15)14-7-3-2-4-8-14/h2-4,7-8,13,16H,5-6,9-12H2,1H3. The van der Waals surface area contributed by atoms with E-state index >= 15 is 0 Å². The molecule has 112 valence electrons. The van der Waals surface area contributed by atoms with Gasteiger partial charge in [0.15, 0.2) is 0 Å². The third-order valence-electron chi connectivity index (χ3n) is 3.79. The van der Waals surface area contributed by atoms with E-state index in [0.29, 0.717) is 6.10 Å². The first-order chi connectivity index (χ1) is 10.3. The minimum absolute atomic E-state index is 0.399. The fourth-order valence-electron chi connectivity index (χ4n) is 2.73. The predicted molar refractivity (Wildman–Crippen MR) is 87.5 cm³/mol. The van der Waals surface area contributed by atoms with Crippen molar-refractivity contribution in [1.82, 2.24) is 9.88 Å². The molecule has 1 unspecified atom stereocenters. The average Bonchev–Trinajstić information content (AvgIpc) is 2.97. The maximum absolute atomic E-state index is 5.80. The Bertz CT molecular complexity index is 549. The molecule has 1 saturated heterocycles. The summed E-state index contributed by atoms with van der Waals surface area (Å²) in [6.45, 7) is 2.81. The molecular weight excluding hydrogens is 280 g/mol. The Morgan fingerprint density at radius 2 is 2.14 bits per heavy atom. The Kier molecular flexibility index (Phi) is 5.01. The van der Waals surface area contributed by atoms with E-state index in [1.807, 2.05) is 6.07 Å². The predicted octanol–water partition coefficient (Wildman–Crippen LogP) is 3.81. The number of thiazole rings is 1. The molecule has 0 amide bonds. The van der Waals surface area contributed by atoms with E-state index in [4.69, 9.17) is 9.72 Å². The lowest BCUT2D eigenvalue weighted by atomic mass is 10.1. The van der Waals surface area contributed by atoms with Crippen LogP contribution in [0.15, 0.2) is 35.7 Å². The van der Waals surface area contributed by atoms with E-state index < -0.39 is 0 Å². The van der Waals surface area contributed by atoms with Gasteiger partial charge in [-0.3, -0.25) is 4.90 Å². The first-order valence-corrected chi connectivity index (χ1v) is 8.49. The number of ether oxygens (including phenoxy) is 1. The molecule has 2 aromatic rings. The molecular formula is C17H22N2OS. The smallest absolute Gasteiger partial charge is 0.123 e. The summed E-state index contributed by atoms with van der Waals surface area (Å²) in [6.07, 6.45) is 4.10. The highest BCUT2D eigenvalue weighted by Gasteiger charge is 2.16. The molecule has 1 aliphatic heterocycles. The maximum atomic E-state index is 5.80. The third-order valence-corrected chi connectivity index (χ3v) is 4.73. The molecule has 4 heteroatoms. The average molecular weight is 302 g/mol. The van der Waals surface area contributed by atoms with Crippen molar-refractivity contribution in [2.24, 2.45) is 0 Å². The molecule has 1 atom stereocenters. The minimum atomic E-state index is 0.399.